The average Bonchev–Trinajstić information content (AvgIpc) is 2.69. The van der Waals surface area contributed by atoms with E-state index >= 15 is 0 Å². The molecule has 3 rings (SSSR count). The second-order valence-corrected chi connectivity index (χ2v) is 6.42. The van der Waals surface area contributed by atoms with Crippen molar-refractivity contribution in [1.29, 1.82) is 0 Å². The van der Waals surface area contributed by atoms with E-state index in [0.29, 0.717) is 0 Å². The van der Waals surface area contributed by atoms with Gasteiger partial charge in [0.15, 0.2) is 0 Å². The summed E-state index contributed by atoms with van der Waals surface area (Å²) >= 11 is 0. The van der Waals surface area contributed by atoms with Crippen molar-refractivity contribution in [2.45, 2.75) is 19.3 Å². The van der Waals surface area contributed by atoms with Crippen molar-refractivity contribution >= 4 is 26.1 Å². The molecule has 26 heavy (non-hydrogen) atoms. The van der Waals surface area contributed by atoms with Gasteiger partial charge in [0.25, 0.3) is 0 Å². The minimum absolute atomic E-state index is 0. The van der Waals surface area contributed by atoms with Crippen molar-refractivity contribution in [3.05, 3.63) is 96.4 Å². The number of hydrogen-bond donors (Lipinski definition) is 0. The van der Waals surface area contributed by atoms with E-state index in [1.807, 2.05) is 48.5 Å². The topological polar surface area (TPSA) is 0 Å². The maximum Gasteiger partial charge on any atom is 1.00 e. The molecule has 0 aromatic heterocycles. The number of unbranched alkanes of at least 4 members (excludes halogenated alkanes) is 1. The smallest absolute Gasteiger partial charge is 0.366 e. The van der Waals surface area contributed by atoms with Crippen LogP contribution in [-0.2, 0) is 28.8 Å². The molecule has 0 saturated carbocycles. The Morgan fingerprint density at radius 1 is 0.923 bits per heavy atom. The van der Waals surface area contributed by atoms with Crippen molar-refractivity contribution in [3.63, 3.8) is 0 Å². The third-order valence-corrected chi connectivity index (χ3v) is 4.47. The van der Waals surface area contributed by atoms with E-state index in [9.17, 15) is 0 Å². The van der Waals surface area contributed by atoms with E-state index in [4.69, 9.17) is 6.42 Å². The molecule has 0 heterocycles. The van der Waals surface area contributed by atoms with Gasteiger partial charge in [-0.1, -0.05) is 78.7 Å². The van der Waals surface area contributed by atoms with Crippen molar-refractivity contribution in [1.82, 2.24) is 0 Å². The van der Waals surface area contributed by atoms with E-state index in [1.165, 1.54) is 36.6 Å². The van der Waals surface area contributed by atoms with Gasteiger partial charge in [-0.2, -0.15) is 0 Å². The van der Waals surface area contributed by atoms with Crippen LogP contribution >= 0.6 is 9.24 Å². The van der Waals surface area contributed by atoms with Crippen LogP contribution < -0.4 is 0 Å². The predicted molar refractivity (Wildman–Crippen MR) is 114 cm³/mol. The van der Waals surface area contributed by atoms with Gasteiger partial charge in [0.1, 0.15) is 0 Å². The summed E-state index contributed by atoms with van der Waals surface area (Å²) in [6.45, 7) is 3.73. The number of aryl methyl sites for hydroxylation is 1. The molecule has 0 aliphatic rings. The van der Waals surface area contributed by atoms with Crippen LogP contribution in [0, 0.1) is 12.3 Å². The second kappa shape index (κ2) is 12.7. The molecular weight excluding hydrogens is 516 g/mol. The van der Waals surface area contributed by atoms with Crippen molar-refractivity contribution in [3.8, 4) is 5.92 Å². The van der Waals surface area contributed by atoms with Gasteiger partial charge in [-0.05, 0) is 41.9 Å². The Labute approximate surface area is 175 Å². The molecule has 0 N–H and O–H groups in total. The quantitative estimate of drug-likeness (QED) is 0.117. The molecule has 1 unspecified atom stereocenters. The molecule has 0 aliphatic carbocycles. The van der Waals surface area contributed by atoms with E-state index in [-0.39, 0.29) is 22.4 Å². The third kappa shape index (κ3) is 6.95. The molecule has 0 saturated heterocycles. The average molecular weight is 540 g/mol. The van der Waals surface area contributed by atoms with Gasteiger partial charge in [0, 0.05) is 0 Å². The first-order valence-electron chi connectivity index (χ1n) is 8.60. The molecule has 0 fully saturated rings. The van der Waals surface area contributed by atoms with Crippen LogP contribution in [0.4, 0.5) is 0 Å². The summed E-state index contributed by atoms with van der Waals surface area (Å²) in [5.41, 5.74) is 3.49. The van der Waals surface area contributed by atoms with Gasteiger partial charge in [-0.15, -0.1) is 20.9 Å². The fraction of sp³-hybridized carbons (Fsp3) is 0.167. The van der Waals surface area contributed by atoms with Crippen molar-refractivity contribution in [2.75, 3.05) is 6.16 Å². The normalized spacial score (nSPS) is 9.38. The van der Waals surface area contributed by atoms with E-state index in [0.717, 1.165) is 16.3 Å². The first-order chi connectivity index (χ1) is 12.3. The number of hydrogen-bond acceptors (Lipinski definition) is 0. The van der Waals surface area contributed by atoms with Crippen molar-refractivity contribution in [2.24, 2.45) is 0 Å². The number of fused-ring (bicyclic) bond motifs is 1. The summed E-state index contributed by atoms with van der Waals surface area (Å²) in [5.74, 6) is 2.42. The molecule has 0 nitrogen and oxygen atoms in total. The van der Waals surface area contributed by atoms with Gasteiger partial charge in [-0.3, -0.25) is 5.92 Å². The van der Waals surface area contributed by atoms with Crippen molar-refractivity contribution < 1.29 is 22.4 Å². The molecule has 2 heteroatoms. The summed E-state index contributed by atoms with van der Waals surface area (Å²) in [4.78, 5) is 0. The standard InChI is InChI=1S/C12H17P.C12H7.Au/c1-2-11-6-8-12(9-7-11)5-3-4-10-13;1-2-10-7-5-8-11-6-3-4-9-12(10)11;/h2,6-9H,1,3-5,10,13H2;3-9H;/q;-1;+1. The van der Waals surface area contributed by atoms with E-state index in [1.54, 1.807) is 0 Å². The summed E-state index contributed by atoms with van der Waals surface area (Å²) in [6.07, 6.45) is 14.0. The Balaban J connectivity index is 0.000000251. The Kier molecular flexibility index (Phi) is 11.0. The van der Waals surface area contributed by atoms with Crippen LogP contribution in [0.15, 0.2) is 73.3 Å². The minimum atomic E-state index is 0. The maximum absolute atomic E-state index is 7.08. The summed E-state index contributed by atoms with van der Waals surface area (Å²) < 4.78 is 0. The SMILES string of the molecule is C=Cc1ccc(CCCCP)cc1.[Au+].[C-]#Cc1cccc2ccccc12. The van der Waals surface area contributed by atoms with Crippen LogP contribution in [0.2, 0.25) is 0 Å². The Hall–Kier alpha value is -1.61. The van der Waals surface area contributed by atoms with Gasteiger partial charge in [-0.25, -0.2) is 0 Å². The zero-order valence-electron chi connectivity index (χ0n) is 14.8. The Morgan fingerprint density at radius 2 is 1.62 bits per heavy atom. The Bertz CT molecular complexity index is 839. The van der Waals surface area contributed by atoms with Crippen LogP contribution in [0.5, 0.6) is 0 Å². The molecule has 3 aromatic carbocycles. The summed E-state index contributed by atoms with van der Waals surface area (Å²) in [7, 11) is 2.77. The Morgan fingerprint density at radius 3 is 2.27 bits per heavy atom. The largest absolute Gasteiger partial charge is 1.00 e. The maximum atomic E-state index is 7.08. The van der Waals surface area contributed by atoms with E-state index < -0.39 is 0 Å². The van der Waals surface area contributed by atoms with Crippen LogP contribution in [0.1, 0.15) is 29.5 Å². The number of benzene rings is 3. The molecule has 0 amide bonds. The molecule has 0 spiro atoms. The van der Waals surface area contributed by atoms with Gasteiger partial charge < -0.3 is 6.42 Å². The van der Waals surface area contributed by atoms with Gasteiger partial charge in [0.2, 0.25) is 0 Å². The zero-order chi connectivity index (χ0) is 17.9. The first kappa shape index (κ1) is 22.4. The third-order valence-electron chi connectivity index (χ3n) is 4.06. The molecule has 0 aliphatic heterocycles. The zero-order valence-corrected chi connectivity index (χ0v) is 18.2. The molecule has 0 radical (unpaired) electrons. The van der Waals surface area contributed by atoms with Crippen LogP contribution in [-0.4, -0.2) is 6.16 Å². The molecule has 1 atom stereocenters. The molecule has 0 bridgehead atoms. The number of rotatable bonds is 5. The van der Waals surface area contributed by atoms with Gasteiger partial charge in [0.05, 0.1) is 0 Å². The molecular formula is C24H24AuP. The fourth-order valence-electron chi connectivity index (χ4n) is 2.63. The summed E-state index contributed by atoms with van der Waals surface area (Å²) in [6, 6.07) is 22.5. The van der Waals surface area contributed by atoms with Crippen LogP contribution in [0.25, 0.3) is 16.8 Å². The first-order valence-corrected chi connectivity index (χ1v) is 9.42. The fourth-order valence-corrected chi connectivity index (χ4v) is 2.92. The molecule has 3 aromatic rings. The van der Waals surface area contributed by atoms with Gasteiger partial charge >= 0.3 is 22.4 Å². The monoisotopic (exact) mass is 540 g/mol. The second-order valence-electron chi connectivity index (χ2n) is 5.84. The molecule has 136 valence electrons. The van der Waals surface area contributed by atoms with E-state index in [2.05, 4.69) is 46.0 Å². The predicted octanol–water partition coefficient (Wildman–Crippen LogP) is 6.30. The van der Waals surface area contributed by atoms with Crippen LogP contribution in [0.3, 0.4) is 0 Å². The minimum Gasteiger partial charge on any atom is -0.366 e. The summed E-state index contributed by atoms with van der Waals surface area (Å²) in [5, 5.41) is 2.25.